The molecule has 34 heavy (non-hydrogen) atoms. The van der Waals surface area contributed by atoms with Gasteiger partial charge in [0.25, 0.3) is 11.8 Å². The van der Waals surface area contributed by atoms with Crippen LogP contribution in [0.5, 0.6) is 0 Å². The number of pyridine rings is 3. The molecule has 2 unspecified atom stereocenters. The summed E-state index contributed by atoms with van der Waals surface area (Å²) in [4.78, 5) is 44.1. The number of halogens is 1. The van der Waals surface area contributed by atoms with E-state index in [-0.39, 0.29) is 23.5 Å². The van der Waals surface area contributed by atoms with Crippen molar-refractivity contribution >= 4 is 40.7 Å². The van der Waals surface area contributed by atoms with Gasteiger partial charge < -0.3 is 21.3 Å². The average molecular weight is 483 g/mol. The molecule has 5 N–H and O–H groups in total. The SMILES string of the molecule is CNC(=O)c1ccnc2c1NOC(C(C)NC)Nc1cc-2cc(NC(=O)c2ccc(Cl)cn2)n1. The van der Waals surface area contributed by atoms with Crippen LogP contribution in [-0.2, 0) is 4.84 Å². The lowest BCUT2D eigenvalue weighted by Gasteiger charge is -2.25. The first-order valence-electron chi connectivity index (χ1n) is 10.4. The Labute approximate surface area is 200 Å². The highest BCUT2D eigenvalue weighted by molar-refractivity contribution is 6.30. The van der Waals surface area contributed by atoms with E-state index in [0.717, 1.165) is 0 Å². The molecule has 0 spiro atoms. The van der Waals surface area contributed by atoms with Crippen molar-refractivity contribution in [2.45, 2.75) is 19.2 Å². The zero-order chi connectivity index (χ0) is 24.2. The lowest BCUT2D eigenvalue weighted by atomic mass is 10.1. The highest BCUT2D eigenvalue weighted by Gasteiger charge is 2.25. The smallest absolute Gasteiger partial charge is 0.275 e. The topological polar surface area (TPSA) is 142 Å². The summed E-state index contributed by atoms with van der Waals surface area (Å²) in [5.41, 5.74) is 4.86. The molecule has 0 aromatic carbocycles. The van der Waals surface area contributed by atoms with Gasteiger partial charge in [0.2, 0.25) is 0 Å². The van der Waals surface area contributed by atoms with E-state index >= 15 is 0 Å². The molecule has 3 aromatic rings. The number of hydrogen-bond acceptors (Lipinski definition) is 9. The average Bonchev–Trinajstić information content (AvgIpc) is 2.90. The number of rotatable bonds is 5. The standard InChI is InChI=1S/C22H23ClN8O3/c1-11(24-2)22-30-17-9-12(18-19(31-34-22)14(6-7-26-18)20(32)25-3)8-16(28-17)29-21(33)15-5-4-13(23)10-27-15/h4-11,22,24,31H,1-3H3,(H,25,32)(H2,28,29,30,33). The molecule has 0 fully saturated rings. The van der Waals surface area contributed by atoms with Crippen LogP contribution in [0.2, 0.25) is 5.02 Å². The first kappa shape index (κ1) is 23.4. The van der Waals surface area contributed by atoms with Crippen LogP contribution >= 0.6 is 11.6 Å². The van der Waals surface area contributed by atoms with Crippen molar-refractivity contribution in [2.75, 3.05) is 30.2 Å². The molecule has 0 saturated carbocycles. The molecular formula is C22H23ClN8O3. The number of likely N-dealkylation sites (N-methyl/N-ethyl adjacent to an activating group) is 1. The lowest BCUT2D eigenvalue weighted by molar-refractivity contribution is 0.0921. The van der Waals surface area contributed by atoms with Crippen molar-refractivity contribution in [2.24, 2.45) is 0 Å². The van der Waals surface area contributed by atoms with Gasteiger partial charge in [-0.2, -0.15) is 0 Å². The van der Waals surface area contributed by atoms with E-state index in [1.807, 2.05) is 6.92 Å². The number of nitrogens with zero attached hydrogens (tertiary/aromatic N) is 3. The number of hydrogen-bond donors (Lipinski definition) is 5. The van der Waals surface area contributed by atoms with Gasteiger partial charge in [-0.1, -0.05) is 11.6 Å². The van der Waals surface area contributed by atoms with Gasteiger partial charge in [0.05, 0.1) is 28.0 Å². The van der Waals surface area contributed by atoms with E-state index < -0.39 is 12.1 Å². The minimum atomic E-state index is -0.585. The normalized spacial score (nSPS) is 15.4. The fraction of sp³-hybridized carbons (Fsp3) is 0.227. The van der Waals surface area contributed by atoms with E-state index in [1.54, 1.807) is 38.4 Å². The van der Waals surface area contributed by atoms with Gasteiger partial charge in [-0.25, -0.2) is 14.8 Å². The maximum absolute atomic E-state index is 12.7. The van der Waals surface area contributed by atoms with Gasteiger partial charge in [0.1, 0.15) is 17.3 Å². The molecular weight excluding hydrogens is 460 g/mol. The molecule has 176 valence electrons. The molecule has 2 amide bonds. The Balaban J connectivity index is 1.79. The van der Waals surface area contributed by atoms with Crippen LogP contribution in [0, 0.1) is 0 Å². The van der Waals surface area contributed by atoms with Crippen LogP contribution in [0.3, 0.4) is 0 Å². The maximum Gasteiger partial charge on any atom is 0.275 e. The first-order valence-corrected chi connectivity index (χ1v) is 10.8. The van der Waals surface area contributed by atoms with Crippen molar-refractivity contribution in [3.8, 4) is 11.3 Å². The van der Waals surface area contributed by atoms with Gasteiger partial charge in [-0.3, -0.25) is 20.1 Å². The molecule has 0 radical (unpaired) electrons. The van der Waals surface area contributed by atoms with Crippen LogP contribution in [-0.4, -0.2) is 53.1 Å². The molecule has 4 rings (SSSR count). The molecule has 4 heterocycles. The summed E-state index contributed by atoms with van der Waals surface area (Å²) in [7, 11) is 3.34. The van der Waals surface area contributed by atoms with E-state index in [2.05, 4.69) is 41.7 Å². The summed E-state index contributed by atoms with van der Waals surface area (Å²) < 4.78 is 0. The third-order valence-corrected chi connectivity index (χ3v) is 5.43. The van der Waals surface area contributed by atoms with Gasteiger partial charge in [-0.15, -0.1) is 0 Å². The third kappa shape index (κ3) is 4.91. The molecule has 2 atom stereocenters. The van der Waals surface area contributed by atoms with Crippen LogP contribution in [0.15, 0.2) is 42.7 Å². The van der Waals surface area contributed by atoms with Gasteiger partial charge in [-0.05, 0) is 44.3 Å². The summed E-state index contributed by atoms with van der Waals surface area (Å²) in [6.45, 7) is 1.92. The van der Waals surface area contributed by atoms with Crippen molar-refractivity contribution in [3.63, 3.8) is 0 Å². The Hall–Kier alpha value is -3.80. The molecule has 2 bridgehead atoms. The number of carbonyl (C=O) groups excluding carboxylic acids is 2. The van der Waals surface area contributed by atoms with Crippen molar-refractivity contribution < 1.29 is 14.4 Å². The zero-order valence-electron chi connectivity index (χ0n) is 18.6. The second kappa shape index (κ2) is 10.00. The minimum Gasteiger partial charge on any atom is -0.355 e. The van der Waals surface area contributed by atoms with E-state index in [4.69, 9.17) is 16.4 Å². The van der Waals surface area contributed by atoms with Crippen LogP contribution < -0.4 is 26.7 Å². The molecule has 1 aliphatic heterocycles. The van der Waals surface area contributed by atoms with Crippen molar-refractivity contribution in [1.29, 1.82) is 0 Å². The summed E-state index contributed by atoms with van der Waals surface area (Å²) in [5.74, 6) is -0.0656. The number of aromatic nitrogens is 3. The highest BCUT2D eigenvalue weighted by Crippen LogP contribution is 2.33. The Bertz CT molecular complexity index is 1220. The summed E-state index contributed by atoms with van der Waals surface area (Å²) >= 11 is 5.86. The molecule has 0 aliphatic carbocycles. The summed E-state index contributed by atoms with van der Waals surface area (Å²) in [6, 6.07) is 7.95. The zero-order valence-corrected chi connectivity index (χ0v) is 19.4. The predicted octanol–water partition coefficient (Wildman–Crippen LogP) is 2.51. The number of carbonyl (C=O) groups is 2. The van der Waals surface area contributed by atoms with E-state index in [1.165, 1.54) is 18.5 Å². The quantitative estimate of drug-likeness (QED) is 0.370. The van der Waals surface area contributed by atoms with Gasteiger partial charge in [0.15, 0.2) is 6.23 Å². The second-order valence-electron chi connectivity index (χ2n) is 7.47. The maximum atomic E-state index is 12.7. The third-order valence-electron chi connectivity index (χ3n) is 5.21. The van der Waals surface area contributed by atoms with Crippen molar-refractivity contribution in [3.05, 3.63) is 59.0 Å². The lowest BCUT2D eigenvalue weighted by Crippen LogP contribution is -2.43. The monoisotopic (exact) mass is 482 g/mol. The summed E-state index contributed by atoms with van der Waals surface area (Å²) in [6.07, 6.45) is 2.33. The largest absolute Gasteiger partial charge is 0.355 e. The van der Waals surface area contributed by atoms with Gasteiger partial charge in [0, 0.05) is 25.0 Å². The van der Waals surface area contributed by atoms with Crippen molar-refractivity contribution in [1.82, 2.24) is 25.6 Å². The fourth-order valence-corrected chi connectivity index (χ4v) is 3.39. The second-order valence-corrected chi connectivity index (χ2v) is 7.90. The van der Waals surface area contributed by atoms with Gasteiger partial charge >= 0.3 is 0 Å². The molecule has 12 heteroatoms. The Morgan fingerprint density at radius 2 is 1.97 bits per heavy atom. The number of amides is 2. The van der Waals surface area contributed by atoms with Crippen LogP contribution in [0.25, 0.3) is 11.3 Å². The Kier molecular flexibility index (Phi) is 6.87. The Morgan fingerprint density at radius 3 is 2.68 bits per heavy atom. The summed E-state index contributed by atoms with van der Waals surface area (Å²) in [5, 5.41) is 12.1. The van der Waals surface area contributed by atoms with E-state index in [0.29, 0.717) is 33.3 Å². The predicted molar refractivity (Wildman–Crippen MR) is 129 cm³/mol. The molecule has 1 aliphatic rings. The molecule has 0 saturated heterocycles. The van der Waals surface area contributed by atoms with Crippen LogP contribution in [0.4, 0.5) is 17.3 Å². The van der Waals surface area contributed by atoms with Crippen LogP contribution in [0.1, 0.15) is 27.8 Å². The van der Waals surface area contributed by atoms with E-state index in [9.17, 15) is 9.59 Å². The number of nitrogens with one attached hydrogen (secondary N) is 5. The molecule has 11 nitrogen and oxygen atoms in total. The highest BCUT2D eigenvalue weighted by atomic mass is 35.5. The Morgan fingerprint density at radius 1 is 1.15 bits per heavy atom. The first-order chi connectivity index (χ1) is 16.4. The number of anilines is 3. The minimum absolute atomic E-state index is 0.157. The molecule has 3 aromatic heterocycles. The fourth-order valence-electron chi connectivity index (χ4n) is 3.28. The number of fused-ring (bicyclic) bond motifs is 4.